The number of aromatic amines is 1. The summed E-state index contributed by atoms with van der Waals surface area (Å²) in [5.41, 5.74) is 3.12. The lowest BCUT2D eigenvalue weighted by molar-refractivity contribution is 0.587. The van der Waals surface area contributed by atoms with E-state index >= 15 is 0 Å². The molecule has 0 saturated heterocycles. The third kappa shape index (κ3) is 2.73. The Hall–Kier alpha value is -1.33. The first kappa shape index (κ1) is 13.1. The van der Waals surface area contributed by atoms with E-state index in [4.69, 9.17) is 0 Å². The van der Waals surface area contributed by atoms with Crippen molar-refractivity contribution in [2.45, 2.75) is 25.5 Å². The second-order valence-corrected chi connectivity index (χ2v) is 6.33. The molecule has 0 atom stereocenters. The molecule has 18 heavy (non-hydrogen) atoms. The zero-order valence-electron chi connectivity index (χ0n) is 10.7. The van der Waals surface area contributed by atoms with Gasteiger partial charge in [0.05, 0.1) is 5.75 Å². The van der Waals surface area contributed by atoms with Gasteiger partial charge in [-0.2, -0.15) is 0 Å². The van der Waals surface area contributed by atoms with Crippen LogP contribution in [0.3, 0.4) is 0 Å². The van der Waals surface area contributed by atoms with Crippen molar-refractivity contribution in [3.63, 3.8) is 0 Å². The summed E-state index contributed by atoms with van der Waals surface area (Å²) in [4.78, 5) is 3.21. The van der Waals surface area contributed by atoms with E-state index in [1.165, 1.54) is 12.6 Å². The molecule has 0 spiro atoms. The first-order chi connectivity index (χ1) is 8.55. The smallest absolute Gasteiger partial charge is 0.215 e. The fourth-order valence-corrected chi connectivity index (χ4v) is 2.85. The van der Waals surface area contributed by atoms with Crippen LogP contribution < -0.4 is 4.72 Å². The van der Waals surface area contributed by atoms with Gasteiger partial charge in [-0.3, -0.25) is 0 Å². The summed E-state index contributed by atoms with van der Waals surface area (Å²) >= 11 is 0. The Morgan fingerprint density at radius 1 is 1.33 bits per heavy atom. The highest BCUT2D eigenvalue weighted by Gasteiger charge is 2.10. The summed E-state index contributed by atoms with van der Waals surface area (Å²) in [5.74, 6) is 0.0240. The second kappa shape index (κ2) is 5.12. The largest absolute Gasteiger partial charge is 0.361 e. The number of rotatable bonds is 5. The Morgan fingerprint density at radius 3 is 2.78 bits per heavy atom. The van der Waals surface area contributed by atoms with Gasteiger partial charge in [-0.25, -0.2) is 13.1 Å². The van der Waals surface area contributed by atoms with Crippen LogP contribution in [0, 0.1) is 0 Å². The third-order valence-electron chi connectivity index (χ3n) is 3.02. The monoisotopic (exact) mass is 266 g/mol. The van der Waals surface area contributed by atoms with Gasteiger partial charge in [0, 0.05) is 17.1 Å². The topological polar surface area (TPSA) is 62.0 Å². The van der Waals surface area contributed by atoms with Gasteiger partial charge in [0.2, 0.25) is 10.0 Å². The highest BCUT2D eigenvalue weighted by molar-refractivity contribution is 7.88. The van der Waals surface area contributed by atoms with E-state index in [0.29, 0.717) is 0 Å². The van der Waals surface area contributed by atoms with Crippen molar-refractivity contribution in [3.8, 4) is 0 Å². The molecule has 0 unspecified atom stereocenters. The molecule has 1 aromatic heterocycles. The summed E-state index contributed by atoms with van der Waals surface area (Å²) in [6, 6.07) is 5.75. The lowest BCUT2D eigenvalue weighted by Gasteiger charge is -2.04. The van der Waals surface area contributed by atoms with E-state index in [0.717, 1.165) is 29.3 Å². The van der Waals surface area contributed by atoms with Gasteiger partial charge in [-0.05, 0) is 36.7 Å². The summed E-state index contributed by atoms with van der Waals surface area (Å²) in [5, 5.41) is 1.13. The average molecular weight is 266 g/mol. The number of hydrogen-bond acceptors (Lipinski definition) is 2. The zero-order chi connectivity index (χ0) is 13.2. The first-order valence-electron chi connectivity index (χ1n) is 6.06. The molecular weight excluding hydrogens is 248 g/mol. The normalized spacial score (nSPS) is 12.1. The number of aromatic nitrogens is 1. The number of sulfonamides is 1. The minimum atomic E-state index is -3.21. The van der Waals surface area contributed by atoms with E-state index in [9.17, 15) is 8.42 Å². The molecule has 0 amide bonds. The van der Waals surface area contributed by atoms with Crippen LogP contribution in [-0.2, 0) is 22.2 Å². The lowest BCUT2D eigenvalue weighted by atomic mass is 10.1. The number of H-pyrrole nitrogens is 1. The van der Waals surface area contributed by atoms with Gasteiger partial charge in [0.15, 0.2) is 0 Å². The maximum atomic E-state index is 11.5. The molecule has 5 heteroatoms. The molecule has 2 rings (SSSR count). The van der Waals surface area contributed by atoms with E-state index in [2.05, 4.69) is 16.6 Å². The maximum absolute atomic E-state index is 11.5. The Kier molecular flexibility index (Phi) is 3.73. The Labute approximate surface area is 107 Å². The molecule has 98 valence electrons. The molecule has 0 fully saturated rings. The molecule has 0 aliphatic rings. The minimum absolute atomic E-state index is 0.0240. The molecule has 4 nitrogen and oxygen atoms in total. The number of hydrogen-bond donors (Lipinski definition) is 2. The number of benzene rings is 1. The van der Waals surface area contributed by atoms with Gasteiger partial charge in [0.25, 0.3) is 0 Å². The van der Waals surface area contributed by atoms with Gasteiger partial charge in [-0.1, -0.05) is 19.4 Å². The molecule has 0 saturated carbocycles. The molecule has 2 N–H and O–H groups in total. The summed E-state index contributed by atoms with van der Waals surface area (Å²) in [6.07, 6.45) is 4.08. The van der Waals surface area contributed by atoms with E-state index < -0.39 is 10.0 Å². The third-order valence-corrected chi connectivity index (χ3v) is 4.35. The minimum Gasteiger partial charge on any atom is -0.361 e. The Balaban J connectivity index is 2.39. The number of aryl methyl sites for hydroxylation is 1. The van der Waals surface area contributed by atoms with E-state index in [1.54, 1.807) is 0 Å². The van der Waals surface area contributed by atoms with Crippen LogP contribution in [-0.4, -0.2) is 20.4 Å². The lowest BCUT2D eigenvalue weighted by Crippen LogP contribution is -2.20. The van der Waals surface area contributed by atoms with Gasteiger partial charge >= 0.3 is 0 Å². The standard InChI is InChI=1S/C13H18N2O2S/c1-3-4-11-8-15-13-6-5-10(7-12(11)13)9-18(16,17)14-2/h5-8,14-15H,3-4,9H2,1-2H3. The predicted molar refractivity (Wildman–Crippen MR) is 74.0 cm³/mol. The highest BCUT2D eigenvalue weighted by atomic mass is 32.2. The van der Waals surface area contributed by atoms with Crippen molar-refractivity contribution < 1.29 is 8.42 Å². The van der Waals surface area contributed by atoms with Crippen LogP contribution in [0.5, 0.6) is 0 Å². The van der Waals surface area contributed by atoms with E-state index in [-0.39, 0.29) is 5.75 Å². The molecule has 0 bridgehead atoms. The zero-order valence-corrected chi connectivity index (χ0v) is 11.5. The first-order valence-corrected chi connectivity index (χ1v) is 7.71. The van der Waals surface area contributed by atoms with Crippen molar-refractivity contribution in [2.24, 2.45) is 0 Å². The molecular formula is C13H18N2O2S. The predicted octanol–water partition coefficient (Wildman–Crippen LogP) is 2.17. The van der Waals surface area contributed by atoms with E-state index in [1.807, 2.05) is 24.4 Å². The Bertz CT molecular complexity index is 644. The quantitative estimate of drug-likeness (QED) is 0.871. The molecule has 0 aliphatic heterocycles. The van der Waals surface area contributed by atoms with Crippen molar-refractivity contribution >= 4 is 20.9 Å². The number of nitrogens with one attached hydrogen (secondary N) is 2. The Morgan fingerprint density at radius 2 is 2.11 bits per heavy atom. The van der Waals surface area contributed by atoms with Crippen LogP contribution in [0.2, 0.25) is 0 Å². The van der Waals surface area contributed by atoms with Crippen LogP contribution in [0.15, 0.2) is 24.4 Å². The van der Waals surface area contributed by atoms with Crippen LogP contribution in [0.1, 0.15) is 24.5 Å². The fourth-order valence-electron chi connectivity index (χ4n) is 2.08. The van der Waals surface area contributed by atoms with Crippen LogP contribution in [0.4, 0.5) is 0 Å². The average Bonchev–Trinajstić information content (AvgIpc) is 2.72. The summed E-state index contributed by atoms with van der Waals surface area (Å²) < 4.78 is 25.4. The summed E-state index contributed by atoms with van der Waals surface area (Å²) in [6.45, 7) is 2.13. The van der Waals surface area contributed by atoms with Crippen molar-refractivity contribution in [3.05, 3.63) is 35.5 Å². The van der Waals surface area contributed by atoms with Crippen molar-refractivity contribution in [1.82, 2.24) is 9.71 Å². The molecule has 0 radical (unpaired) electrons. The fraction of sp³-hybridized carbons (Fsp3) is 0.385. The molecule has 1 heterocycles. The summed E-state index contributed by atoms with van der Waals surface area (Å²) in [7, 11) is -1.77. The highest BCUT2D eigenvalue weighted by Crippen LogP contribution is 2.21. The van der Waals surface area contributed by atoms with Crippen molar-refractivity contribution in [1.29, 1.82) is 0 Å². The van der Waals surface area contributed by atoms with Gasteiger partial charge in [0.1, 0.15) is 0 Å². The number of fused-ring (bicyclic) bond motifs is 1. The molecule has 2 aromatic rings. The van der Waals surface area contributed by atoms with Gasteiger partial charge < -0.3 is 4.98 Å². The van der Waals surface area contributed by atoms with Gasteiger partial charge in [-0.15, -0.1) is 0 Å². The maximum Gasteiger partial charge on any atom is 0.215 e. The van der Waals surface area contributed by atoms with Crippen LogP contribution in [0.25, 0.3) is 10.9 Å². The second-order valence-electron chi connectivity index (χ2n) is 4.41. The molecule has 1 aromatic carbocycles. The SMILES string of the molecule is CCCc1c[nH]c2ccc(CS(=O)(=O)NC)cc12. The molecule has 0 aliphatic carbocycles. The van der Waals surface area contributed by atoms with Crippen molar-refractivity contribution in [2.75, 3.05) is 7.05 Å². The van der Waals surface area contributed by atoms with Crippen LogP contribution >= 0.6 is 0 Å².